The molecule has 1 N–H and O–H groups in total. The number of hydrogen-bond donors (Lipinski definition) is 1. The molecule has 0 radical (unpaired) electrons. The van der Waals surface area contributed by atoms with Crippen molar-refractivity contribution in [3.8, 4) is 0 Å². The summed E-state index contributed by atoms with van der Waals surface area (Å²) < 4.78 is 0. The van der Waals surface area contributed by atoms with E-state index in [1.807, 2.05) is 0 Å². The van der Waals surface area contributed by atoms with Crippen LogP contribution in [-0.2, 0) is 20.8 Å². The number of benzene rings is 1. The van der Waals surface area contributed by atoms with Crippen LogP contribution in [0.3, 0.4) is 0 Å². The number of amides is 2. The summed E-state index contributed by atoms with van der Waals surface area (Å²) in [5.41, 5.74) is 2.21. The van der Waals surface area contributed by atoms with E-state index in [1.165, 1.54) is 11.9 Å². The molecule has 1 aliphatic heterocycles. The third-order valence-corrected chi connectivity index (χ3v) is 2.53. The molecule has 0 aromatic heterocycles. The summed E-state index contributed by atoms with van der Waals surface area (Å²) >= 11 is 0. The first-order chi connectivity index (χ1) is 7.61. The lowest BCUT2D eigenvalue weighted by Crippen LogP contribution is -2.26. The number of fused-ring (bicyclic) bond motifs is 1. The molecule has 2 amide bonds. The second-order valence-corrected chi connectivity index (χ2v) is 3.58. The van der Waals surface area contributed by atoms with Crippen molar-refractivity contribution in [2.24, 2.45) is 0 Å². The summed E-state index contributed by atoms with van der Waals surface area (Å²) in [5, 5.41) is 2.69. The number of carbonyl (C=O) groups is 3. The van der Waals surface area contributed by atoms with E-state index in [0.29, 0.717) is 12.1 Å². The number of likely N-dealkylation sites (N-methyl/N-ethyl adjacent to an activating group) is 1. The summed E-state index contributed by atoms with van der Waals surface area (Å²) in [6.45, 7) is 0. The van der Waals surface area contributed by atoms with Crippen LogP contribution in [0.25, 0.3) is 0 Å². The Morgan fingerprint density at radius 1 is 1.50 bits per heavy atom. The Bertz CT molecular complexity index is 482. The van der Waals surface area contributed by atoms with E-state index >= 15 is 0 Å². The number of carbonyl (C=O) groups excluding carboxylic acids is 3. The van der Waals surface area contributed by atoms with Gasteiger partial charge in [-0.05, 0) is 23.8 Å². The summed E-state index contributed by atoms with van der Waals surface area (Å²) in [7, 11) is 1.52. The van der Waals surface area contributed by atoms with Crippen molar-refractivity contribution in [3.63, 3.8) is 0 Å². The first-order valence-electron chi connectivity index (χ1n) is 4.77. The average molecular weight is 218 g/mol. The lowest BCUT2D eigenvalue weighted by Gasteiger charge is -2.14. The van der Waals surface area contributed by atoms with Crippen LogP contribution < -0.4 is 10.2 Å². The molecular formula is C11H10N2O3. The van der Waals surface area contributed by atoms with E-state index < -0.39 is 5.91 Å². The number of aldehydes is 1. The van der Waals surface area contributed by atoms with Crippen LogP contribution in [0, 0.1) is 0 Å². The largest absolute Gasteiger partial charge is 0.326 e. The van der Waals surface area contributed by atoms with Crippen LogP contribution in [0.1, 0.15) is 5.56 Å². The van der Waals surface area contributed by atoms with E-state index in [9.17, 15) is 14.4 Å². The maximum absolute atomic E-state index is 11.2. The zero-order chi connectivity index (χ0) is 11.7. The van der Waals surface area contributed by atoms with Gasteiger partial charge in [-0.15, -0.1) is 0 Å². The van der Waals surface area contributed by atoms with Crippen molar-refractivity contribution in [3.05, 3.63) is 23.8 Å². The molecule has 1 aliphatic rings. The van der Waals surface area contributed by atoms with Gasteiger partial charge in [-0.1, -0.05) is 0 Å². The fourth-order valence-corrected chi connectivity index (χ4v) is 1.63. The quantitative estimate of drug-likeness (QED) is 0.575. The van der Waals surface area contributed by atoms with Gasteiger partial charge in [-0.25, -0.2) is 0 Å². The van der Waals surface area contributed by atoms with Gasteiger partial charge in [-0.2, -0.15) is 0 Å². The van der Waals surface area contributed by atoms with Gasteiger partial charge in [0.25, 0.3) is 5.91 Å². The summed E-state index contributed by atoms with van der Waals surface area (Å²) in [5.74, 6) is -0.672. The molecule has 2 rings (SSSR count). The Labute approximate surface area is 92.0 Å². The number of nitrogens with one attached hydrogen (secondary N) is 1. The molecule has 16 heavy (non-hydrogen) atoms. The highest BCUT2D eigenvalue weighted by Crippen LogP contribution is 2.27. The van der Waals surface area contributed by atoms with Gasteiger partial charge >= 0.3 is 0 Å². The molecule has 0 atom stereocenters. The lowest BCUT2D eigenvalue weighted by molar-refractivity contribution is -0.129. The van der Waals surface area contributed by atoms with Gasteiger partial charge in [0.1, 0.15) is 0 Å². The van der Waals surface area contributed by atoms with Crippen LogP contribution in [0.5, 0.6) is 0 Å². The summed E-state index contributed by atoms with van der Waals surface area (Å²) in [6.07, 6.45) is 0.572. The molecule has 1 aromatic carbocycles. The smallest absolute Gasteiger partial charge is 0.290 e. The van der Waals surface area contributed by atoms with E-state index in [1.54, 1.807) is 18.2 Å². The third kappa shape index (κ3) is 1.67. The molecule has 1 aromatic rings. The van der Waals surface area contributed by atoms with Crippen LogP contribution in [0.15, 0.2) is 18.2 Å². The van der Waals surface area contributed by atoms with Crippen molar-refractivity contribution in [1.82, 2.24) is 0 Å². The van der Waals surface area contributed by atoms with Crippen LogP contribution >= 0.6 is 0 Å². The van der Waals surface area contributed by atoms with Gasteiger partial charge in [0.2, 0.25) is 12.2 Å². The van der Waals surface area contributed by atoms with Gasteiger partial charge in [-0.3, -0.25) is 14.4 Å². The molecule has 0 unspecified atom stereocenters. The van der Waals surface area contributed by atoms with Crippen molar-refractivity contribution >= 4 is 29.5 Å². The Hall–Kier alpha value is -2.17. The SMILES string of the molecule is CN(C(=O)C=O)c1ccc2c(c1)CC(=O)N2. The Kier molecular flexibility index (Phi) is 2.44. The van der Waals surface area contributed by atoms with E-state index in [2.05, 4.69) is 5.32 Å². The normalized spacial score (nSPS) is 12.9. The average Bonchev–Trinajstić information content (AvgIpc) is 2.65. The molecule has 5 nitrogen and oxygen atoms in total. The number of rotatable bonds is 2. The Balaban J connectivity index is 2.32. The maximum atomic E-state index is 11.2. The number of anilines is 2. The molecule has 0 fully saturated rings. The molecule has 1 heterocycles. The molecule has 0 saturated carbocycles. The standard InChI is InChI=1S/C11H10N2O3/c1-13(11(16)6-14)8-2-3-9-7(4-8)5-10(15)12-9/h2-4,6H,5H2,1H3,(H,12,15). The highest BCUT2D eigenvalue weighted by atomic mass is 16.2. The van der Waals surface area contributed by atoms with E-state index in [0.717, 1.165) is 11.3 Å². The van der Waals surface area contributed by atoms with E-state index in [-0.39, 0.29) is 12.2 Å². The third-order valence-electron chi connectivity index (χ3n) is 2.53. The Morgan fingerprint density at radius 2 is 2.25 bits per heavy atom. The monoisotopic (exact) mass is 218 g/mol. The minimum Gasteiger partial charge on any atom is -0.326 e. The molecule has 5 heteroatoms. The maximum Gasteiger partial charge on any atom is 0.290 e. The van der Waals surface area contributed by atoms with Crippen LogP contribution in [0.4, 0.5) is 11.4 Å². The lowest BCUT2D eigenvalue weighted by atomic mass is 10.1. The molecular weight excluding hydrogens is 208 g/mol. The molecule has 0 spiro atoms. The number of nitrogens with zero attached hydrogens (tertiary/aromatic N) is 1. The zero-order valence-electron chi connectivity index (χ0n) is 8.69. The fourth-order valence-electron chi connectivity index (χ4n) is 1.63. The summed E-state index contributed by atoms with van der Waals surface area (Å²) in [6, 6.07) is 5.14. The second-order valence-electron chi connectivity index (χ2n) is 3.58. The first-order valence-corrected chi connectivity index (χ1v) is 4.77. The van der Waals surface area contributed by atoms with Crippen LogP contribution in [0.2, 0.25) is 0 Å². The van der Waals surface area contributed by atoms with Gasteiger partial charge in [0, 0.05) is 18.4 Å². The van der Waals surface area contributed by atoms with Crippen molar-refractivity contribution in [2.45, 2.75) is 6.42 Å². The topological polar surface area (TPSA) is 66.5 Å². The highest BCUT2D eigenvalue weighted by Gasteiger charge is 2.19. The molecule has 0 bridgehead atoms. The molecule has 0 aliphatic carbocycles. The molecule has 0 saturated heterocycles. The van der Waals surface area contributed by atoms with Gasteiger partial charge in [0.15, 0.2) is 0 Å². The highest BCUT2D eigenvalue weighted by molar-refractivity contribution is 6.30. The minimum absolute atomic E-state index is 0.0588. The van der Waals surface area contributed by atoms with Crippen molar-refractivity contribution < 1.29 is 14.4 Å². The van der Waals surface area contributed by atoms with Crippen LogP contribution in [-0.4, -0.2) is 25.1 Å². The molecule has 82 valence electrons. The van der Waals surface area contributed by atoms with Gasteiger partial charge in [0.05, 0.1) is 6.42 Å². The fraction of sp³-hybridized carbons (Fsp3) is 0.182. The van der Waals surface area contributed by atoms with E-state index in [4.69, 9.17) is 0 Å². The van der Waals surface area contributed by atoms with Crippen molar-refractivity contribution in [2.75, 3.05) is 17.3 Å². The zero-order valence-corrected chi connectivity index (χ0v) is 8.69. The number of hydrogen-bond acceptors (Lipinski definition) is 3. The Morgan fingerprint density at radius 3 is 2.94 bits per heavy atom. The second kappa shape index (κ2) is 3.77. The minimum atomic E-state index is -0.614. The van der Waals surface area contributed by atoms with Gasteiger partial charge < -0.3 is 10.2 Å². The van der Waals surface area contributed by atoms with Crippen molar-refractivity contribution in [1.29, 1.82) is 0 Å². The first kappa shape index (κ1) is 10.4. The predicted molar refractivity (Wildman–Crippen MR) is 58.2 cm³/mol. The predicted octanol–water partition coefficient (Wildman–Crippen LogP) is 0.343. The summed E-state index contributed by atoms with van der Waals surface area (Å²) in [4.78, 5) is 33.9.